The molecular weight excluding hydrogens is 308 g/mol. The minimum atomic E-state index is -0.0988. The highest BCUT2D eigenvalue weighted by Crippen LogP contribution is 2.20. The SMILES string of the molecule is ClC(Cl)=C(Cl)Cl.ClCC(Cl)CCl. The van der Waals surface area contributed by atoms with Gasteiger partial charge in [-0.25, -0.2) is 0 Å². The maximum absolute atomic E-state index is 5.39. The molecule has 0 saturated heterocycles. The quantitative estimate of drug-likeness (QED) is 0.619. The third-order valence-electron chi connectivity index (χ3n) is 0.478. The van der Waals surface area contributed by atoms with Crippen LogP contribution in [-0.2, 0) is 0 Å². The van der Waals surface area contributed by atoms with Crippen LogP contribution in [0.1, 0.15) is 0 Å². The van der Waals surface area contributed by atoms with Gasteiger partial charge < -0.3 is 0 Å². The Morgan fingerprint density at radius 3 is 1.08 bits per heavy atom. The Bertz CT molecular complexity index is 110. The summed E-state index contributed by atoms with van der Waals surface area (Å²) in [5.41, 5.74) is 0. The fraction of sp³-hybridized carbons (Fsp3) is 0.600. The fourth-order valence-electron chi connectivity index (χ4n) is 0.0412. The van der Waals surface area contributed by atoms with E-state index in [0.29, 0.717) is 11.8 Å². The number of hydrogen-bond acceptors (Lipinski definition) is 0. The average Bonchev–Trinajstić information content (AvgIpc) is 2.04. The Morgan fingerprint density at radius 1 is 0.833 bits per heavy atom. The highest BCUT2D eigenvalue weighted by Gasteiger charge is 1.95. The van der Waals surface area contributed by atoms with Crippen molar-refractivity contribution in [3.05, 3.63) is 8.98 Å². The van der Waals surface area contributed by atoms with Crippen LogP contribution < -0.4 is 0 Å². The lowest BCUT2D eigenvalue weighted by Gasteiger charge is -1.92. The monoisotopic (exact) mass is 310 g/mol. The Hall–Kier alpha value is 1.77. The molecule has 0 aliphatic carbocycles. The normalized spacial score (nSPS) is 9.00. The standard InChI is InChI=1S/C3H5Cl3.C2Cl4/c4-1-3(6)2-5;3-1(4)2(5)6/h3H,1-2H2;. The Morgan fingerprint density at radius 2 is 1.08 bits per heavy atom. The van der Waals surface area contributed by atoms with Crippen molar-refractivity contribution in [2.45, 2.75) is 5.38 Å². The van der Waals surface area contributed by atoms with E-state index in [0.717, 1.165) is 0 Å². The van der Waals surface area contributed by atoms with Crippen molar-refractivity contribution in [3.8, 4) is 0 Å². The van der Waals surface area contributed by atoms with E-state index in [1.165, 1.54) is 0 Å². The third kappa shape index (κ3) is 14.3. The van der Waals surface area contributed by atoms with E-state index in [2.05, 4.69) is 0 Å². The van der Waals surface area contributed by atoms with E-state index in [-0.39, 0.29) is 14.4 Å². The van der Waals surface area contributed by atoms with Crippen molar-refractivity contribution < 1.29 is 0 Å². The lowest BCUT2D eigenvalue weighted by Crippen LogP contribution is -1.99. The molecule has 0 radical (unpaired) electrons. The molecule has 0 aliphatic rings. The lowest BCUT2D eigenvalue weighted by molar-refractivity contribution is 1.12. The van der Waals surface area contributed by atoms with E-state index >= 15 is 0 Å². The van der Waals surface area contributed by atoms with E-state index in [1.54, 1.807) is 0 Å². The summed E-state index contributed by atoms with van der Waals surface area (Å²) in [5.74, 6) is 0.871. The highest BCUT2D eigenvalue weighted by atomic mass is 35.5. The molecule has 0 fully saturated rings. The first-order valence-corrected chi connectivity index (χ1v) is 5.59. The second-order valence-corrected chi connectivity index (χ2v) is 4.56. The molecule has 0 unspecified atom stereocenters. The molecule has 0 rings (SSSR count). The zero-order valence-electron chi connectivity index (χ0n) is 5.64. The first kappa shape index (κ1) is 16.2. The maximum atomic E-state index is 5.39. The molecule has 0 N–H and O–H groups in total. The summed E-state index contributed by atoms with van der Waals surface area (Å²) in [4.78, 5) is 0. The number of alkyl halides is 3. The molecule has 0 aliphatic heterocycles. The first-order valence-electron chi connectivity index (χ1n) is 2.58. The van der Waals surface area contributed by atoms with E-state index in [4.69, 9.17) is 81.2 Å². The van der Waals surface area contributed by atoms with Gasteiger partial charge >= 0.3 is 0 Å². The van der Waals surface area contributed by atoms with Crippen LogP contribution >= 0.6 is 81.2 Å². The van der Waals surface area contributed by atoms with Gasteiger partial charge in [0.2, 0.25) is 0 Å². The van der Waals surface area contributed by atoms with Crippen LogP contribution in [0.25, 0.3) is 0 Å². The topological polar surface area (TPSA) is 0 Å². The van der Waals surface area contributed by atoms with Crippen LogP contribution in [0.15, 0.2) is 8.98 Å². The van der Waals surface area contributed by atoms with Gasteiger partial charge in [0.05, 0.1) is 5.38 Å². The van der Waals surface area contributed by atoms with Gasteiger partial charge in [-0.2, -0.15) is 0 Å². The summed E-state index contributed by atoms with van der Waals surface area (Å²) in [7, 11) is 0. The maximum Gasteiger partial charge on any atom is 0.136 e. The molecule has 74 valence electrons. The van der Waals surface area contributed by atoms with Gasteiger partial charge in [0.1, 0.15) is 8.98 Å². The second-order valence-electron chi connectivity index (χ2n) is 1.43. The van der Waals surface area contributed by atoms with Crippen molar-refractivity contribution in [2.24, 2.45) is 0 Å². The van der Waals surface area contributed by atoms with E-state index in [1.807, 2.05) is 0 Å². The zero-order chi connectivity index (χ0) is 10.1. The molecular formula is C5H5Cl7. The van der Waals surface area contributed by atoms with Gasteiger partial charge in [0, 0.05) is 11.8 Å². The van der Waals surface area contributed by atoms with Gasteiger partial charge in [-0.15, -0.1) is 34.8 Å². The molecule has 0 aromatic carbocycles. The predicted octanol–water partition coefficient (Wildman–Crippen LogP) is 5.14. The minimum Gasteiger partial charge on any atom is -0.125 e. The molecule has 12 heavy (non-hydrogen) atoms. The number of halogens is 7. The van der Waals surface area contributed by atoms with Crippen molar-refractivity contribution in [2.75, 3.05) is 11.8 Å². The molecule has 0 amide bonds. The van der Waals surface area contributed by atoms with Gasteiger partial charge in [-0.3, -0.25) is 0 Å². The first-order chi connectivity index (χ1) is 5.45. The summed E-state index contributed by atoms with van der Waals surface area (Å²) in [6.07, 6.45) is 0. The second kappa shape index (κ2) is 10.8. The highest BCUT2D eigenvalue weighted by molar-refractivity contribution is 6.67. The van der Waals surface area contributed by atoms with Crippen molar-refractivity contribution in [3.63, 3.8) is 0 Å². The molecule has 0 spiro atoms. The third-order valence-corrected chi connectivity index (χ3v) is 2.99. The summed E-state index contributed by atoms with van der Waals surface area (Å²) in [6, 6.07) is 0. The minimum absolute atomic E-state index is 0.0617. The van der Waals surface area contributed by atoms with Crippen LogP contribution in [0, 0.1) is 0 Å². The van der Waals surface area contributed by atoms with E-state index < -0.39 is 0 Å². The van der Waals surface area contributed by atoms with Crippen molar-refractivity contribution >= 4 is 81.2 Å². The summed E-state index contributed by atoms with van der Waals surface area (Å²) in [5, 5.41) is -0.0617. The molecule has 0 heterocycles. The largest absolute Gasteiger partial charge is 0.136 e. The smallest absolute Gasteiger partial charge is 0.125 e. The zero-order valence-corrected chi connectivity index (χ0v) is 10.9. The summed E-state index contributed by atoms with van der Waals surface area (Å²) >= 11 is 35.8. The van der Waals surface area contributed by atoms with E-state index in [9.17, 15) is 0 Å². The van der Waals surface area contributed by atoms with Gasteiger partial charge in [-0.1, -0.05) is 46.4 Å². The Kier molecular flexibility index (Phi) is 14.7. The lowest BCUT2D eigenvalue weighted by atomic mass is 10.6. The summed E-state index contributed by atoms with van der Waals surface area (Å²) < 4.78 is -0.198. The van der Waals surface area contributed by atoms with Crippen molar-refractivity contribution in [1.82, 2.24) is 0 Å². The molecule has 7 heteroatoms. The van der Waals surface area contributed by atoms with Crippen LogP contribution in [0.2, 0.25) is 0 Å². The molecule has 0 saturated carbocycles. The molecule has 0 aromatic heterocycles. The molecule has 0 atom stereocenters. The van der Waals surface area contributed by atoms with Crippen LogP contribution in [0.4, 0.5) is 0 Å². The predicted molar refractivity (Wildman–Crippen MR) is 61.5 cm³/mol. The van der Waals surface area contributed by atoms with Crippen LogP contribution in [0.3, 0.4) is 0 Å². The molecule has 0 aromatic rings. The van der Waals surface area contributed by atoms with Gasteiger partial charge in [0.15, 0.2) is 0 Å². The van der Waals surface area contributed by atoms with Gasteiger partial charge in [0.25, 0.3) is 0 Å². The average molecular weight is 313 g/mol. The number of rotatable bonds is 2. The van der Waals surface area contributed by atoms with Gasteiger partial charge in [-0.05, 0) is 0 Å². The van der Waals surface area contributed by atoms with Crippen molar-refractivity contribution in [1.29, 1.82) is 0 Å². The van der Waals surface area contributed by atoms with Crippen LogP contribution in [-0.4, -0.2) is 17.1 Å². The Balaban J connectivity index is 0. The molecule has 0 bridgehead atoms. The Labute approximate surface area is 107 Å². The molecule has 0 nitrogen and oxygen atoms in total. The fourth-order valence-corrected chi connectivity index (χ4v) is 0.371. The van der Waals surface area contributed by atoms with Crippen LogP contribution in [0.5, 0.6) is 0 Å². The summed E-state index contributed by atoms with van der Waals surface area (Å²) in [6.45, 7) is 0. The number of hydrogen-bond donors (Lipinski definition) is 0.